The molecule has 0 saturated carbocycles. The molecule has 1 heterocycles. The fourth-order valence-electron chi connectivity index (χ4n) is 1.73. The molecule has 0 fully saturated rings. The van der Waals surface area contributed by atoms with Gasteiger partial charge in [0.05, 0.1) is 22.3 Å². The fraction of sp³-hybridized carbons (Fsp3) is 0.154. The minimum atomic E-state index is -4.61. The molecule has 8 heteroatoms. The van der Waals surface area contributed by atoms with Crippen molar-refractivity contribution in [1.29, 1.82) is 0 Å². The molecule has 0 saturated heterocycles. The van der Waals surface area contributed by atoms with E-state index in [0.29, 0.717) is 0 Å². The Morgan fingerprint density at radius 1 is 1.10 bits per heavy atom. The van der Waals surface area contributed by atoms with Gasteiger partial charge in [-0.2, -0.15) is 13.2 Å². The van der Waals surface area contributed by atoms with E-state index in [1.165, 1.54) is 12.1 Å². The van der Waals surface area contributed by atoms with Crippen molar-refractivity contribution in [2.75, 3.05) is 0 Å². The molecule has 21 heavy (non-hydrogen) atoms. The lowest BCUT2D eigenvalue weighted by molar-refractivity contribution is -0.141. The first-order chi connectivity index (χ1) is 9.74. The lowest BCUT2D eigenvalue weighted by atomic mass is 10.1. The first kappa shape index (κ1) is 16.4. The second-order valence-corrected chi connectivity index (χ2v) is 5.33. The highest BCUT2D eigenvalue weighted by atomic mass is 35.5. The maximum Gasteiger partial charge on any atom is 0.433 e. The number of halogens is 6. The number of aliphatic hydroxyl groups excluding tert-OH is 1. The van der Waals surface area contributed by atoms with Crippen LogP contribution in [0, 0.1) is 0 Å². The number of hydrogen-bond donors (Lipinski definition) is 1. The van der Waals surface area contributed by atoms with Crippen molar-refractivity contribution in [1.82, 2.24) is 4.98 Å². The molecule has 1 aromatic heterocycles. The first-order valence-corrected chi connectivity index (χ1v) is 6.70. The fourth-order valence-corrected chi connectivity index (χ4v) is 2.43. The minimum absolute atomic E-state index is 0.0163. The molecule has 2 aromatic rings. The van der Waals surface area contributed by atoms with Gasteiger partial charge in [0.2, 0.25) is 0 Å². The van der Waals surface area contributed by atoms with Crippen LogP contribution in [0.4, 0.5) is 13.2 Å². The molecule has 112 valence electrons. The zero-order valence-corrected chi connectivity index (χ0v) is 12.4. The van der Waals surface area contributed by atoms with Gasteiger partial charge in [0.1, 0.15) is 5.69 Å². The Balaban J connectivity index is 2.73. The summed E-state index contributed by atoms with van der Waals surface area (Å²) >= 11 is 17.7. The Morgan fingerprint density at radius 3 is 2.33 bits per heavy atom. The van der Waals surface area contributed by atoms with Gasteiger partial charge in [-0.1, -0.05) is 40.9 Å². The third kappa shape index (κ3) is 3.43. The van der Waals surface area contributed by atoms with Crippen LogP contribution in [0.1, 0.15) is 11.3 Å². The molecule has 0 atom stereocenters. The van der Waals surface area contributed by atoms with Crippen LogP contribution in [-0.4, -0.2) is 10.1 Å². The molecule has 0 bridgehead atoms. The van der Waals surface area contributed by atoms with Gasteiger partial charge in [-0.15, -0.1) is 0 Å². The molecule has 0 radical (unpaired) electrons. The smallest absolute Gasteiger partial charge is 0.392 e. The predicted octanol–water partition coefficient (Wildman–Crippen LogP) is 5.22. The number of nitrogens with zero attached hydrogens (tertiary/aromatic N) is 1. The van der Waals surface area contributed by atoms with E-state index in [0.717, 1.165) is 12.1 Å². The van der Waals surface area contributed by atoms with Crippen molar-refractivity contribution in [2.24, 2.45) is 0 Å². The molecule has 0 spiro atoms. The van der Waals surface area contributed by atoms with Crippen LogP contribution in [0.5, 0.6) is 0 Å². The summed E-state index contributed by atoms with van der Waals surface area (Å²) in [7, 11) is 0. The van der Waals surface area contributed by atoms with Crippen molar-refractivity contribution in [3.63, 3.8) is 0 Å². The van der Waals surface area contributed by atoms with Crippen LogP contribution in [0.3, 0.4) is 0 Å². The summed E-state index contributed by atoms with van der Waals surface area (Å²) in [6, 6.07) is 4.63. The highest BCUT2D eigenvalue weighted by Crippen LogP contribution is 2.38. The quantitative estimate of drug-likeness (QED) is 0.748. The molecular formula is C13H7Cl3F3NO. The normalized spacial score (nSPS) is 11.8. The monoisotopic (exact) mass is 355 g/mol. The molecular weight excluding hydrogens is 350 g/mol. The summed E-state index contributed by atoms with van der Waals surface area (Å²) in [4.78, 5) is 3.54. The lowest BCUT2D eigenvalue weighted by Gasteiger charge is -2.13. The maximum atomic E-state index is 12.8. The number of pyridine rings is 1. The van der Waals surface area contributed by atoms with Crippen molar-refractivity contribution in [2.45, 2.75) is 12.8 Å². The standard InChI is InChI=1S/C13H7Cl3F3NO/c14-7-3-8(11(16)9(15)4-7)12-6(5-21)1-2-10(20-12)13(17,18)19/h1-4,21H,5H2. The van der Waals surface area contributed by atoms with Gasteiger partial charge in [0.25, 0.3) is 0 Å². The highest BCUT2D eigenvalue weighted by Gasteiger charge is 2.33. The number of alkyl halides is 3. The number of aliphatic hydroxyl groups is 1. The number of benzene rings is 1. The first-order valence-electron chi connectivity index (χ1n) is 5.57. The van der Waals surface area contributed by atoms with E-state index >= 15 is 0 Å². The van der Waals surface area contributed by atoms with Crippen LogP contribution in [0.25, 0.3) is 11.3 Å². The van der Waals surface area contributed by atoms with E-state index in [1.807, 2.05) is 0 Å². The maximum absolute atomic E-state index is 12.8. The second-order valence-electron chi connectivity index (χ2n) is 4.11. The van der Waals surface area contributed by atoms with E-state index in [1.54, 1.807) is 0 Å². The molecule has 2 nitrogen and oxygen atoms in total. The summed E-state index contributed by atoms with van der Waals surface area (Å²) in [5, 5.41) is 9.57. The largest absolute Gasteiger partial charge is 0.433 e. The Hall–Kier alpha value is -1.01. The Kier molecular flexibility index (Phi) is 4.68. The molecule has 2 rings (SSSR count). The van der Waals surface area contributed by atoms with Crippen molar-refractivity contribution in [3.05, 3.63) is 50.6 Å². The third-order valence-electron chi connectivity index (χ3n) is 2.69. The number of aromatic nitrogens is 1. The summed E-state index contributed by atoms with van der Waals surface area (Å²) in [5.74, 6) is 0. The predicted molar refractivity (Wildman–Crippen MR) is 75.6 cm³/mol. The molecule has 0 aliphatic rings. The topological polar surface area (TPSA) is 33.1 Å². The van der Waals surface area contributed by atoms with Crippen LogP contribution in [0.15, 0.2) is 24.3 Å². The van der Waals surface area contributed by atoms with Gasteiger partial charge in [-0.05, 0) is 18.2 Å². The van der Waals surface area contributed by atoms with E-state index < -0.39 is 18.5 Å². The second kappa shape index (κ2) is 6.01. The zero-order chi connectivity index (χ0) is 15.8. The number of hydrogen-bond acceptors (Lipinski definition) is 2. The molecule has 1 aromatic carbocycles. The Labute approximate surface area is 133 Å². The summed E-state index contributed by atoms with van der Waals surface area (Å²) in [6.45, 7) is -0.499. The van der Waals surface area contributed by atoms with Gasteiger partial charge < -0.3 is 5.11 Å². The molecule has 0 unspecified atom stereocenters. The number of rotatable bonds is 2. The van der Waals surface area contributed by atoms with Gasteiger partial charge in [0, 0.05) is 16.1 Å². The summed E-state index contributed by atoms with van der Waals surface area (Å²) in [6.07, 6.45) is -4.61. The van der Waals surface area contributed by atoms with Crippen LogP contribution >= 0.6 is 34.8 Å². The van der Waals surface area contributed by atoms with Crippen molar-refractivity contribution >= 4 is 34.8 Å². The Morgan fingerprint density at radius 2 is 1.76 bits per heavy atom. The van der Waals surface area contributed by atoms with Gasteiger partial charge in [-0.3, -0.25) is 0 Å². The lowest BCUT2D eigenvalue weighted by Crippen LogP contribution is -2.09. The van der Waals surface area contributed by atoms with Crippen LogP contribution in [-0.2, 0) is 12.8 Å². The van der Waals surface area contributed by atoms with Crippen molar-refractivity contribution < 1.29 is 18.3 Å². The van der Waals surface area contributed by atoms with Crippen LogP contribution < -0.4 is 0 Å². The summed E-state index contributed by atoms with van der Waals surface area (Å²) < 4.78 is 38.3. The third-order valence-corrected chi connectivity index (χ3v) is 3.71. The zero-order valence-electron chi connectivity index (χ0n) is 10.2. The average molecular weight is 357 g/mol. The molecule has 0 aliphatic carbocycles. The van der Waals surface area contributed by atoms with E-state index in [4.69, 9.17) is 34.8 Å². The van der Waals surface area contributed by atoms with Crippen molar-refractivity contribution in [3.8, 4) is 11.3 Å². The molecule has 1 N–H and O–H groups in total. The molecule has 0 amide bonds. The highest BCUT2D eigenvalue weighted by molar-refractivity contribution is 6.45. The van der Waals surface area contributed by atoms with E-state index in [2.05, 4.69) is 4.98 Å². The molecule has 0 aliphatic heterocycles. The van der Waals surface area contributed by atoms with Gasteiger partial charge in [0.15, 0.2) is 0 Å². The minimum Gasteiger partial charge on any atom is -0.392 e. The van der Waals surface area contributed by atoms with Crippen LogP contribution in [0.2, 0.25) is 15.1 Å². The summed E-state index contributed by atoms with van der Waals surface area (Å²) in [5.41, 5.74) is -0.892. The average Bonchev–Trinajstić information content (AvgIpc) is 2.41. The van der Waals surface area contributed by atoms with Gasteiger partial charge >= 0.3 is 6.18 Å². The van der Waals surface area contributed by atoms with E-state index in [9.17, 15) is 18.3 Å². The SMILES string of the molecule is OCc1ccc(C(F)(F)F)nc1-c1cc(Cl)cc(Cl)c1Cl. The Bertz CT molecular complexity index is 689. The van der Waals surface area contributed by atoms with E-state index in [-0.39, 0.29) is 31.9 Å². The van der Waals surface area contributed by atoms with Gasteiger partial charge in [-0.25, -0.2) is 4.98 Å².